The predicted octanol–water partition coefficient (Wildman–Crippen LogP) is 4.47. The van der Waals surface area contributed by atoms with Crippen LogP contribution in [-0.4, -0.2) is 27.7 Å². The van der Waals surface area contributed by atoms with Gasteiger partial charge in [-0.3, -0.25) is 10.2 Å². The molecule has 4 rings (SSSR count). The standard InChI is InChI=1S/C21H16ClN3O3S/c1-2-28-21(27)17-18(23)25(19(26)14-6-4-3-5-7-14)24-16(12-29-20(17)24)13-8-10-15(22)11-9-13/h3-12,23H,2H2,1H3. The average Bonchev–Trinajstić information content (AvgIpc) is 3.26. The molecule has 6 nitrogen and oxygen atoms in total. The summed E-state index contributed by atoms with van der Waals surface area (Å²) in [5.41, 5.74) is 1.76. The van der Waals surface area contributed by atoms with E-state index in [0.717, 1.165) is 5.56 Å². The highest BCUT2D eigenvalue weighted by atomic mass is 35.5. The number of fused-ring (bicyclic) bond motifs is 1. The molecule has 0 atom stereocenters. The minimum Gasteiger partial charge on any atom is -0.462 e. The second-order valence-electron chi connectivity index (χ2n) is 6.17. The number of carbonyl (C=O) groups excluding carboxylic acids is 2. The molecule has 0 spiro atoms. The molecule has 2 heterocycles. The molecule has 4 aromatic rings. The summed E-state index contributed by atoms with van der Waals surface area (Å²) in [7, 11) is 0. The average molecular weight is 426 g/mol. The van der Waals surface area contributed by atoms with Crippen LogP contribution in [0.25, 0.3) is 16.1 Å². The predicted molar refractivity (Wildman–Crippen MR) is 112 cm³/mol. The van der Waals surface area contributed by atoms with Crippen LogP contribution < -0.4 is 5.49 Å². The number of aromatic nitrogens is 2. The summed E-state index contributed by atoms with van der Waals surface area (Å²) in [6.07, 6.45) is 0. The van der Waals surface area contributed by atoms with Crippen molar-refractivity contribution in [3.8, 4) is 11.3 Å². The quantitative estimate of drug-likeness (QED) is 0.490. The van der Waals surface area contributed by atoms with E-state index < -0.39 is 11.9 Å². The van der Waals surface area contributed by atoms with Crippen LogP contribution >= 0.6 is 22.9 Å². The number of esters is 1. The highest BCUT2D eigenvalue weighted by Crippen LogP contribution is 2.29. The molecular weight excluding hydrogens is 410 g/mol. The minimum atomic E-state index is -0.626. The molecule has 0 aliphatic heterocycles. The number of hydrogen-bond acceptors (Lipinski definition) is 5. The monoisotopic (exact) mass is 425 g/mol. The molecule has 0 aliphatic rings. The molecule has 0 amide bonds. The summed E-state index contributed by atoms with van der Waals surface area (Å²) < 4.78 is 7.94. The van der Waals surface area contributed by atoms with Crippen LogP contribution in [0.5, 0.6) is 0 Å². The van der Waals surface area contributed by atoms with Crippen molar-refractivity contribution in [2.45, 2.75) is 6.92 Å². The van der Waals surface area contributed by atoms with E-state index in [1.807, 2.05) is 23.6 Å². The van der Waals surface area contributed by atoms with Gasteiger partial charge in [-0.25, -0.2) is 9.31 Å². The molecule has 1 N–H and O–H groups in total. The maximum absolute atomic E-state index is 13.3. The Labute approximate surface area is 175 Å². The van der Waals surface area contributed by atoms with Crippen molar-refractivity contribution in [3.63, 3.8) is 0 Å². The number of rotatable bonds is 4. The van der Waals surface area contributed by atoms with Crippen molar-refractivity contribution < 1.29 is 14.3 Å². The van der Waals surface area contributed by atoms with Crippen LogP contribution in [0.3, 0.4) is 0 Å². The third-order valence-corrected chi connectivity index (χ3v) is 5.59. The first-order chi connectivity index (χ1) is 14.0. The van der Waals surface area contributed by atoms with Gasteiger partial charge in [-0.15, -0.1) is 11.3 Å². The first-order valence-electron chi connectivity index (χ1n) is 8.85. The molecule has 0 aliphatic carbocycles. The molecule has 0 saturated carbocycles. The summed E-state index contributed by atoms with van der Waals surface area (Å²) in [5.74, 6) is -1.03. The molecule has 0 unspecified atom stereocenters. The van der Waals surface area contributed by atoms with Gasteiger partial charge in [0, 0.05) is 21.5 Å². The van der Waals surface area contributed by atoms with E-state index >= 15 is 0 Å². The Morgan fingerprint density at radius 3 is 2.45 bits per heavy atom. The highest BCUT2D eigenvalue weighted by Gasteiger charge is 2.27. The lowest BCUT2D eigenvalue weighted by atomic mass is 10.2. The van der Waals surface area contributed by atoms with E-state index in [-0.39, 0.29) is 17.7 Å². The van der Waals surface area contributed by atoms with E-state index in [2.05, 4.69) is 0 Å². The van der Waals surface area contributed by atoms with Crippen LogP contribution in [0.1, 0.15) is 27.6 Å². The number of hydrogen-bond donors (Lipinski definition) is 1. The summed E-state index contributed by atoms with van der Waals surface area (Å²) in [4.78, 5) is 26.3. The van der Waals surface area contributed by atoms with Crippen molar-refractivity contribution in [3.05, 3.63) is 81.6 Å². The van der Waals surface area contributed by atoms with E-state index in [1.165, 1.54) is 16.0 Å². The lowest BCUT2D eigenvalue weighted by Gasteiger charge is -2.08. The van der Waals surface area contributed by atoms with Gasteiger partial charge >= 0.3 is 5.97 Å². The summed E-state index contributed by atoms with van der Waals surface area (Å²) in [6.45, 7) is 1.88. The summed E-state index contributed by atoms with van der Waals surface area (Å²) in [6, 6.07) is 15.8. The van der Waals surface area contributed by atoms with Gasteiger partial charge in [0.15, 0.2) is 5.49 Å². The lowest BCUT2D eigenvalue weighted by molar-refractivity contribution is 0.0526. The van der Waals surface area contributed by atoms with Crippen LogP contribution in [-0.2, 0) is 4.74 Å². The van der Waals surface area contributed by atoms with Crippen molar-refractivity contribution in [2.24, 2.45) is 0 Å². The lowest BCUT2D eigenvalue weighted by Crippen LogP contribution is -2.30. The van der Waals surface area contributed by atoms with Gasteiger partial charge in [-0.05, 0) is 31.2 Å². The second-order valence-corrected chi connectivity index (χ2v) is 7.47. The third-order valence-electron chi connectivity index (χ3n) is 4.40. The Hall–Kier alpha value is -3.16. The molecule has 29 heavy (non-hydrogen) atoms. The zero-order chi connectivity index (χ0) is 20.5. The number of thiazole rings is 1. The molecule has 0 bridgehead atoms. The Morgan fingerprint density at radius 2 is 1.79 bits per heavy atom. The van der Waals surface area contributed by atoms with Crippen molar-refractivity contribution in [2.75, 3.05) is 6.61 Å². The Balaban J connectivity index is 2.02. The molecule has 2 aromatic carbocycles. The maximum Gasteiger partial charge on any atom is 0.345 e. The van der Waals surface area contributed by atoms with E-state index in [0.29, 0.717) is 21.1 Å². The van der Waals surface area contributed by atoms with Crippen LogP contribution in [0.2, 0.25) is 5.02 Å². The van der Waals surface area contributed by atoms with E-state index in [1.54, 1.807) is 47.8 Å². The summed E-state index contributed by atoms with van der Waals surface area (Å²) in [5, 5.41) is 11.0. The van der Waals surface area contributed by atoms with Gasteiger partial charge in [-0.2, -0.15) is 4.68 Å². The van der Waals surface area contributed by atoms with Crippen molar-refractivity contribution in [1.82, 2.24) is 9.20 Å². The van der Waals surface area contributed by atoms with Crippen LogP contribution in [0, 0.1) is 5.41 Å². The number of halogens is 1. The zero-order valence-electron chi connectivity index (χ0n) is 15.4. The molecule has 146 valence electrons. The Kier molecular flexibility index (Phi) is 5.08. The Morgan fingerprint density at radius 1 is 1.10 bits per heavy atom. The number of nitrogens with zero attached hydrogens (tertiary/aromatic N) is 2. The van der Waals surface area contributed by atoms with E-state index in [9.17, 15) is 9.59 Å². The fourth-order valence-electron chi connectivity index (χ4n) is 3.09. The van der Waals surface area contributed by atoms with Crippen molar-refractivity contribution >= 4 is 39.6 Å². The van der Waals surface area contributed by atoms with Gasteiger partial charge in [0.1, 0.15) is 10.4 Å². The van der Waals surface area contributed by atoms with Crippen LogP contribution in [0.15, 0.2) is 60.0 Å². The fourth-order valence-corrected chi connectivity index (χ4v) is 4.25. The third kappa shape index (κ3) is 3.28. The largest absolute Gasteiger partial charge is 0.462 e. The molecule has 8 heteroatoms. The Bertz CT molecular complexity index is 1270. The van der Waals surface area contributed by atoms with Gasteiger partial charge in [0.05, 0.1) is 12.3 Å². The van der Waals surface area contributed by atoms with Crippen molar-refractivity contribution in [1.29, 1.82) is 5.41 Å². The molecule has 0 fully saturated rings. The molecule has 2 aromatic heterocycles. The van der Waals surface area contributed by atoms with Crippen LogP contribution in [0.4, 0.5) is 0 Å². The number of ether oxygens (including phenoxy) is 1. The number of benzene rings is 2. The van der Waals surface area contributed by atoms with Gasteiger partial charge < -0.3 is 4.74 Å². The topological polar surface area (TPSA) is 76.6 Å². The first-order valence-corrected chi connectivity index (χ1v) is 10.1. The van der Waals surface area contributed by atoms with Gasteiger partial charge in [0.2, 0.25) is 0 Å². The minimum absolute atomic E-state index is 0.0707. The zero-order valence-corrected chi connectivity index (χ0v) is 17.0. The fraction of sp³-hybridized carbons (Fsp3) is 0.0952. The van der Waals surface area contributed by atoms with Gasteiger partial charge in [-0.1, -0.05) is 41.9 Å². The second kappa shape index (κ2) is 7.69. The number of carbonyl (C=O) groups is 2. The molecule has 0 saturated heterocycles. The first kappa shape index (κ1) is 19.2. The molecule has 0 radical (unpaired) electrons. The van der Waals surface area contributed by atoms with Gasteiger partial charge in [0.25, 0.3) is 5.91 Å². The maximum atomic E-state index is 13.3. The normalized spacial score (nSPS) is 11.0. The summed E-state index contributed by atoms with van der Waals surface area (Å²) >= 11 is 7.28. The molecular formula is C21H16ClN3O3S. The highest BCUT2D eigenvalue weighted by molar-refractivity contribution is 7.16. The smallest absolute Gasteiger partial charge is 0.345 e. The number of nitrogens with one attached hydrogen (secondary N) is 1. The van der Waals surface area contributed by atoms with E-state index in [4.69, 9.17) is 21.7 Å². The SMILES string of the molecule is CCOC(=O)c1c(=N)n(C(=O)c2ccccc2)n2c(-c3ccc(Cl)cc3)csc12.